The van der Waals surface area contributed by atoms with Gasteiger partial charge in [0.2, 0.25) is 10.0 Å². The number of hydrogen-bond acceptors (Lipinski definition) is 5. The Balaban J connectivity index is 1.84. The van der Waals surface area contributed by atoms with Crippen LogP contribution in [0.3, 0.4) is 0 Å². The maximum absolute atomic E-state index is 12.0. The van der Waals surface area contributed by atoms with Crippen molar-refractivity contribution in [2.75, 3.05) is 23.0 Å². The van der Waals surface area contributed by atoms with Gasteiger partial charge in [-0.1, -0.05) is 6.07 Å². The van der Waals surface area contributed by atoms with Gasteiger partial charge in [0, 0.05) is 29.8 Å². The number of thiocarbonyl (C=S) groups is 1. The van der Waals surface area contributed by atoms with Gasteiger partial charge < -0.3 is 19.5 Å². The summed E-state index contributed by atoms with van der Waals surface area (Å²) >= 11 is 5.78. The minimum atomic E-state index is -3.51. The van der Waals surface area contributed by atoms with E-state index in [1.807, 2.05) is 29.2 Å². The Morgan fingerprint density at radius 3 is 2.53 bits per heavy atom. The lowest BCUT2D eigenvalue weighted by atomic mass is 9.98. The first-order valence-corrected chi connectivity index (χ1v) is 13.1. The van der Waals surface area contributed by atoms with E-state index in [-0.39, 0.29) is 17.6 Å². The topological polar surface area (TPSA) is 88.5 Å². The molecule has 1 fully saturated rings. The smallest absolute Gasteiger partial charge is 0.229 e. The highest BCUT2D eigenvalue weighted by atomic mass is 32.2. The third kappa shape index (κ3) is 4.88. The zero-order valence-corrected chi connectivity index (χ0v) is 21.4. The van der Waals surface area contributed by atoms with Gasteiger partial charge in [-0.3, -0.25) is 9.71 Å². The SMILES string of the molecule is COc1ccc(N2C(=S)NC(c3ccccn3)C2c2ccn(C(C)(C)C)c2)cc1NS(C)(=O)=O. The average molecular weight is 500 g/mol. The molecule has 3 aromatic rings. The highest BCUT2D eigenvalue weighted by molar-refractivity contribution is 7.92. The minimum Gasteiger partial charge on any atom is -0.495 e. The van der Waals surface area contributed by atoms with E-state index in [4.69, 9.17) is 17.0 Å². The van der Waals surface area contributed by atoms with Crippen LogP contribution >= 0.6 is 12.2 Å². The van der Waals surface area contributed by atoms with E-state index >= 15 is 0 Å². The van der Waals surface area contributed by atoms with Crippen molar-refractivity contribution in [1.29, 1.82) is 0 Å². The average Bonchev–Trinajstić information content (AvgIpc) is 3.38. The Hall–Kier alpha value is -3.11. The molecule has 0 spiro atoms. The van der Waals surface area contributed by atoms with Crippen LogP contribution in [0.4, 0.5) is 11.4 Å². The second-order valence-electron chi connectivity index (χ2n) is 9.28. The molecule has 0 aliphatic carbocycles. The van der Waals surface area contributed by atoms with Gasteiger partial charge in [0.1, 0.15) is 5.75 Å². The molecule has 1 aromatic carbocycles. The molecule has 2 aromatic heterocycles. The molecule has 8 nitrogen and oxygen atoms in total. The fraction of sp³-hybridized carbons (Fsp3) is 0.333. The Morgan fingerprint density at radius 2 is 1.94 bits per heavy atom. The zero-order valence-electron chi connectivity index (χ0n) is 19.8. The number of ether oxygens (including phenoxy) is 1. The lowest BCUT2D eigenvalue weighted by Crippen LogP contribution is -2.29. The van der Waals surface area contributed by atoms with Crippen molar-refractivity contribution in [1.82, 2.24) is 14.9 Å². The van der Waals surface area contributed by atoms with Crippen LogP contribution in [0.1, 0.15) is 44.1 Å². The van der Waals surface area contributed by atoms with Crippen LogP contribution in [0.25, 0.3) is 0 Å². The summed E-state index contributed by atoms with van der Waals surface area (Å²) in [6.07, 6.45) is 7.06. The maximum atomic E-state index is 12.0. The van der Waals surface area contributed by atoms with Gasteiger partial charge in [0.05, 0.1) is 36.8 Å². The molecular weight excluding hydrogens is 470 g/mol. The normalized spacial score (nSPS) is 18.6. The number of nitrogens with zero attached hydrogens (tertiary/aromatic N) is 3. The van der Waals surface area contributed by atoms with Crippen LogP contribution in [-0.2, 0) is 15.6 Å². The van der Waals surface area contributed by atoms with E-state index < -0.39 is 10.0 Å². The molecule has 1 aliphatic heterocycles. The summed E-state index contributed by atoms with van der Waals surface area (Å²) < 4.78 is 34.0. The molecule has 0 amide bonds. The van der Waals surface area contributed by atoms with Crippen molar-refractivity contribution >= 4 is 38.7 Å². The molecule has 34 heavy (non-hydrogen) atoms. The monoisotopic (exact) mass is 499 g/mol. The number of aromatic nitrogens is 2. The lowest BCUT2D eigenvalue weighted by molar-refractivity contribution is 0.397. The predicted molar refractivity (Wildman–Crippen MR) is 139 cm³/mol. The van der Waals surface area contributed by atoms with E-state index in [9.17, 15) is 8.42 Å². The highest BCUT2D eigenvalue weighted by Gasteiger charge is 2.41. The second kappa shape index (κ2) is 8.92. The van der Waals surface area contributed by atoms with Crippen LogP contribution in [0.15, 0.2) is 61.1 Å². The van der Waals surface area contributed by atoms with Gasteiger partial charge in [-0.15, -0.1) is 0 Å². The number of methoxy groups -OCH3 is 1. The first-order chi connectivity index (χ1) is 16.0. The third-order valence-corrected chi connectivity index (χ3v) is 6.59. The van der Waals surface area contributed by atoms with Crippen molar-refractivity contribution in [3.8, 4) is 5.75 Å². The fourth-order valence-corrected chi connectivity index (χ4v) is 5.01. The molecule has 2 N–H and O–H groups in total. The van der Waals surface area contributed by atoms with Crippen LogP contribution in [0, 0.1) is 0 Å². The molecule has 4 rings (SSSR count). The summed E-state index contributed by atoms with van der Waals surface area (Å²) in [6, 6.07) is 12.8. The van der Waals surface area contributed by atoms with Gasteiger partial charge in [-0.25, -0.2) is 8.42 Å². The van der Waals surface area contributed by atoms with Crippen molar-refractivity contribution in [2.24, 2.45) is 0 Å². The summed E-state index contributed by atoms with van der Waals surface area (Å²) in [4.78, 5) is 6.58. The van der Waals surface area contributed by atoms with Gasteiger partial charge in [0.25, 0.3) is 0 Å². The molecule has 1 aliphatic rings. The van der Waals surface area contributed by atoms with E-state index in [1.54, 1.807) is 18.3 Å². The van der Waals surface area contributed by atoms with Gasteiger partial charge >= 0.3 is 0 Å². The first kappa shape index (κ1) is 24.0. The molecule has 3 heterocycles. The van der Waals surface area contributed by atoms with E-state index in [2.05, 4.69) is 58.8 Å². The number of pyridine rings is 1. The Bertz CT molecular complexity index is 1300. The number of rotatable bonds is 6. The van der Waals surface area contributed by atoms with Gasteiger partial charge in [-0.05, 0) is 75.0 Å². The van der Waals surface area contributed by atoms with Crippen LogP contribution in [-0.4, -0.2) is 36.4 Å². The molecule has 180 valence electrons. The first-order valence-electron chi connectivity index (χ1n) is 10.8. The molecule has 2 atom stereocenters. The zero-order chi connectivity index (χ0) is 24.7. The fourth-order valence-electron chi connectivity index (χ4n) is 4.10. The van der Waals surface area contributed by atoms with Crippen molar-refractivity contribution in [3.05, 3.63) is 72.3 Å². The molecular formula is C24H29N5O3S2. The van der Waals surface area contributed by atoms with Crippen LogP contribution in [0.5, 0.6) is 5.75 Å². The van der Waals surface area contributed by atoms with E-state index in [0.29, 0.717) is 16.5 Å². The van der Waals surface area contributed by atoms with Gasteiger partial charge in [0.15, 0.2) is 5.11 Å². The van der Waals surface area contributed by atoms with Crippen LogP contribution in [0.2, 0.25) is 0 Å². The van der Waals surface area contributed by atoms with Crippen molar-refractivity contribution in [3.63, 3.8) is 0 Å². The summed E-state index contributed by atoms with van der Waals surface area (Å²) in [6.45, 7) is 6.44. The standard InChI is InChI=1S/C24H29N5O3S2/c1-24(2,3)28-13-11-16(15-28)22-21(18-8-6-7-12-25-18)26-23(33)29(22)17-9-10-20(32-4)19(14-17)27-34(5,30)31/h6-15,21-22,27H,1-5H3,(H,26,33). The van der Waals surface area contributed by atoms with E-state index in [1.165, 1.54) is 7.11 Å². The predicted octanol–water partition coefficient (Wildman–Crippen LogP) is 4.20. The van der Waals surface area contributed by atoms with E-state index in [0.717, 1.165) is 23.2 Å². The summed E-state index contributed by atoms with van der Waals surface area (Å²) in [5, 5.41) is 3.95. The highest BCUT2D eigenvalue weighted by Crippen LogP contribution is 2.43. The quantitative estimate of drug-likeness (QED) is 0.492. The van der Waals surface area contributed by atoms with Crippen molar-refractivity contribution in [2.45, 2.75) is 38.4 Å². The Morgan fingerprint density at radius 1 is 1.18 bits per heavy atom. The summed E-state index contributed by atoms with van der Waals surface area (Å²) in [5.74, 6) is 0.420. The summed E-state index contributed by atoms with van der Waals surface area (Å²) in [5.41, 5.74) is 2.92. The molecule has 2 unspecified atom stereocenters. The lowest BCUT2D eigenvalue weighted by Gasteiger charge is -2.28. The number of benzene rings is 1. The third-order valence-electron chi connectivity index (χ3n) is 5.69. The molecule has 0 saturated carbocycles. The number of nitrogens with one attached hydrogen (secondary N) is 2. The maximum Gasteiger partial charge on any atom is 0.229 e. The largest absolute Gasteiger partial charge is 0.495 e. The summed E-state index contributed by atoms with van der Waals surface area (Å²) in [7, 11) is -2.01. The minimum absolute atomic E-state index is 0.0806. The number of anilines is 2. The van der Waals surface area contributed by atoms with Crippen molar-refractivity contribution < 1.29 is 13.2 Å². The van der Waals surface area contributed by atoms with Gasteiger partial charge in [-0.2, -0.15) is 0 Å². The molecule has 0 bridgehead atoms. The molecule has 1 saturated heterocycles. The Labute approximate surface area is 206 Å². The second-order valence-corrected chi connectivity index (χ2v) is 11.4. The Kier molecular flexibility index (Phi) is 6.30. The molecule has 10 heteroatoms. The number of hydrogen-bond donors (Lipinski definition) is 2. The van der Waals surface area contributed by atoms with Crippen LogP contribution < -0.4 is 19.7 Å². The molecule has 0 radical (unpaired) electrons. The number of sulfonamides is 1.